The molecular weight excluding hydrogens is 218 g/mol. The minimum absolute atomic E-state index is 0.121. The molecule has 0 aliphatic rings. The lowest BCUT2D eigenvalue weighted by Crippen LogP contribution is -2.24. The van der Waals surface area contributed by atoms with E-state index in [0.29, 0.717) is 0 Å². The second-order valence-corrected chi connectivity index (χ2v) is 5.51. The first kappa shape index (κ1) is 11.5. The molecule has 0 fully saturated rings. The molecule has 0 aliphatic heterocycles. The highest BCUT2D eigenvalue weighted by molar-refractivity contribution is 7.93. The molecule has 84 valence electrons. The van der Waals surface area contributed by atoms with E-state index < -0.39 is 15.3 Å². The number of sulfonamides is 1. The summed E-state index contributed by atoms with van der Waals surface area (Å²) in [6, 6.07) is 0. The zero-order valence-electron chi connectivity index (χ0n) is 8.40. The predicted molar refractivity (Wildman–Crippen MR) is 57.3 cm³/mol. The van der Waals surface area contributed by atoms with E-state index in [1.54, 1.807) is 13.8 Å². The second-order valence-electron chi connectivity index (χ2n) is 3.27. The molecule has 0 unspecified atom stereocenters. The van der Waals surface area contributed by atoms with Crippen molar-refractivity contribution in [1.29, 1.82) is 5.41 Å². The van der Waals surface area contributed by atoms with E-state index in [0.717, 1.165) is 0 Å². The van der Waals surface area contributed by atoms with Crippen LogP contribution in [-0.4, -0.2) is 29.7 Å². The number of amidine groups is 1. The Morgan fingerprint density at radius 1 is 1.67 bits per heavy atom. The lowest BCUT2D eigenvalue weighted by Gasteiger charge is -2.09. The minimum atomic E-state index is -3.45. The van der Waals surface area contributed by atoms with Crippen molar-refractivity contribution in [3.8, 4) is 0 Å². The number of H-pyrrole nitrogens is 1. The van der Waals surface area contributed by atoms with Crippen LogP contribution >= 0.6 is 0 Å². The summed E-state index contributed by atoms with van der Waals surface area (Å²) < 4.78 is 25.3. The topological polar surface area (TPSA) is 125 Å². The van der Waals surface area contributed by atoms with E-state index in [-0.39, 0.29) is 17.2 Å². The van der Waals surface area contributed by atoms with Crippen molar-refractivity contribution < 1.29 is 8.42 Å². The van der Waals surface area contributed by atoms with Gasteiger partial charge in [-0.15, -0.1) is 0 Å². The van der Waals surface area contributed by atoms with Gasteiger partial charge in [0.05, 0.1) is 17.0 Å². The largest absolute Gasteiger partial charge is 0.384 e. The lowest BCUT2D eigenvalue weighted by atomic mass is 10.3. The maximum Gasteiger partial charge on any atom is 0.236 e. The monoisotopic (exact) mass is 231 g/mol. The Morgan fingerprint density at radius 3 is 2.73 bits per heavy atom. The van der Waals surface area contributed by atoms with E-state index in [4.69, 9.17) is 11.1 Å². The number of hydrogen-bond acceptors (Lipinski definition) is 4. The van der Waals surface area contributed by atoms with Crippen LogP contribution in [0.15, 0.2) is 6.20 Å². The second kappa shape index (κ2) is 3.89. The fraction of sp³-hybridized carbons (Fsp3) is 0.429. The van der Waals surface area contributed by atoms with Crippen molar-refractivity contribution in [1.82, 2.24) is 10.2 Å². The van der Waals surface area contributed by atoms with E-state index in [2.05, 4.69) is 14.9 Å². The number of aromatic amines is 1. The standard InChI is InChI=1S/C7H13N5O2S/c1-4(2)15(13,14)12-7-5(6(8)9)3-10-11-7/h3-4H,1-2H3,(H3,8,9)(H2,10,11,12). The Labute approximate surface area is 87.6 Å². The number of hydrogen-bond donors (Lipinski definition) is 4. The van der Waals surface area contributed by atoms with Crippen LogP contribution < -0.4 is 10.5 Å². The summed E-state index contributed by atoms with van der Waals surface area (Å²) in [6.07, 6.45) is 1.29. The van der Waals surface area contributed by atoms with Crippen molar-refractivity contribution >= 4 is 21.7 Å². The molecule has 8 heteroatoms. The van der Waals surface area contributed by atoms with Gasteiger partial charge in [-0.2, -0.15) is 5.10 Å². The summed E-state index contributed by atoms with van der Waals surface area (Å²) >= 11 is 0. The van der Waals surface area contributed by atoms with Gasteiger partial charge in [-0.05, 0) is 13.8 Å². The molecule has 0 radical (unpaired) electrons. The SMILES string of the molecule is CC(C)S(=O)(=O)Nc1[nH]ncc1C(=N)N. The number of rotatable bonds is 4. The van der Waals surface area contributed by atoms with Crippen LogP contribution in [0, 0.1) is 5.41 Å². The number of nitrogen functional groups attached to an aromatic ring is 1. The number of nitrogens with zero attached hydrogens (tertiary/aromatic N) is 1. The van der Waals surface area contributed by atoms with Gasteiger partial charge in [-0.1, -0.05) is 0 Å². The Hall–Kier alpha value is -1.57. The molecule has 0 bridgehead atoms. The van der Waals surface area contributed by atoms with Crippen molar-refractivity contribution in [2.75, 3.05) is 4.72 Å². The molecule has 1 aromatic rings. The highest BCUT2D eigenvalue weighted by Crippen LogP contribution is 2.13. The molecule has 0 saturated carbocycles. The smallest absolute Gasteiger partial charge is 0.236 e. The van der Waals surface area contributed by atoms with Crippen LogP contribution in [0.25, 0.3) is 0 Å². The highest BCUT2D eigenvalue weighted by Gasteiger charge is 2.19. The molecule has 7 nitrogen and oxygen atoms in total. The number of nitrogens with two attached hydrogens (primary N) is 1. The molecule has 5 N–H and O–H groups in total. The Kier molecular flexibility index (Phi) is 2.98. The van der Waals surface area contributed by atoms with Gasteiger partial charge >= 0.3 is 0 Å². The van der Waals surface area contributed by atoms with Crippen molar-refractivity contribution in [3.63, 3.8) is 0 Å². The van der Waals surface area contributed by atoms with E-state index in [9.17, 15) is 8.42 Å². The average molecular weight is 231 g/mol. The minimum Gasteiger partial charge on any atom is -0.384 e. The normalized spacial score (nSPS) is 11.7. The molecule has 1 rings (SSSR count). The summed E-state index contributed by atoms with van der Waals surface area (Å²) in [7, 11) is -3.45. The van der Waals surface area contributed by atoms with Gasteiger partial charge in [0.25, 0.3) is 0 Å². The maximum absolute atomic E-state index is 11.5. The van der Waals surface area contributed by atoms with Crippen LogP contribution in [0.2, 0.25) is 0 Å². The van der Waals surface area contributed by atoms with Gasteiger partial charge in [-0.25, -0.2) is 8.42 Å². The third-order valence-corrected chi connectivity index (χ3v) is 3.52. The summed E-state index contributed by atoms with van der Waals surface area (Å²) in [4.78, 5) is 0. The molecule has 1 aromatic heterocycles. The average Bonchev–Trinajstić information content (AvgIpc) is 2.51. The first-order valence-electron chi connectivity index (χ1n) is 4.24. The summed E-state index contributed by atoms with van der Waals surface area (Å²) in [5, 5.41) is 12.7. The number of aromatic nitrogens is 2. The Morgan fingerprint density at radius 2 is 2.27 bits per heavy atom. The van der Waals surface area contributed by atoms with Crippen LogP contribution in [0.5, 0.6) is 0 Å². The molecule has 0 spiro atoms. The van der Waals surface area contributed by atoms with Gasteiger partial charge in [0.15, 0.2) is 0 Å². The third kappa shape index (κ3) is 2.46. The molecular formula is C7H13N5O2S. The van der Waals surface area contributed by atoms with Crippen molar-refractivity contribution in [2.45, 2.75) is 19.1 Å². The van der Waals surface area contributed by atoms with Crippen LogP contribution in [0.3, 0.4) is 0 Å². The molecule has 0 atom stereocenters. The maximum atomic E-state index is 11.5. The van der Waals surface area contributed by atoms with Crippen LogP contribution in [-0.2, 0) is 10.0 Å². The van der Waals surface area contributed by atoms with Crippen LogP contribution in [0.4, 0.5) is 5.82 Å². The number of anilines is 1. The molecule has 0 saturated heterocycles. The van der Waals surface area contributed by atoms with Gasteiger partial charge in [0.2, 0.25) is 10.0 Å². The van der Waals surface area contributed by atoms with Crippen molar-refractivity contribution in [3.05, 3.63) is 11.8 Å². The van der Waals surface area contributed by atoms with Gasteiger partial charge < -0.3 is 5.73 Å². The van der Waals surface area contributed by atoms with Crippen molar-refractivity contribution in [2.24, 2.45) is 5.73 Å². The van der Waals surface area contributed by atoms with Crippen LogP contribution in [0.1, 0.15) is 19.4 Å². The highest BCUT2D eigenvalue weighted by atomic mass is 32.2. The summed E-state index contributed by atoms with van der Waals surface area (Å²) in [6.45, 7) is 3.10. The zero-order chi connectivity index (χ0) is 11.6. The molecule has 0 aromatic carbocycles. The quantitative estimate of drug-likeness (QED) is 0.424. The summed E-state index contributed by atoms with van der Waals surface area (Å²) in [5.74, 6) is -0.124. The number of nitrogens with one attached hydrogen (secondary N) is 3. The molecule has 1 heterocycles. The predicted octanol–water partition coefficient (Wildman–Crippen LogP) is -0.156. The Bertz CT molecular complexity index is 461. The first-order valence-corrected chi connectivity index (χ1v) is 5.78. The fourth-order valence-corrected chi connectivity index (χ4v) is 1.50. The van der Waals surface area contributed by atoms with E-state index in [1.807, 2.05) is 0 Å². The lowest BCUT2D eigenvalue weighted by molar-refractivity contribution is 0.592. The van der Waals surface area contributed by atoms with Gasteiger partial charge in [-0.3, -0.25) is 15.2 Å². The molecule has 0 aliphatic carbocycles. The fourth-order valence-electron chi connectivity index (χ4n) is 0.828. The molecule has 15 heavy (non-hydrogen) atoms. The van der Waals surface area contributed by atoms with E-state index in [1.165, 1.54) is 6.20 Å². The summed E-state index contributed by atoms with van der Waals surface area (Å²) in [5.41, 5.74) is 5.48. The van der Waals surface area contributed by atoms with Gasteiger partial charge in [0, 0.05) is 0 Å². The Balaban J connectivity index is 3.01. The van der Waals surface area contributed by atoms with Gasteiger partial charge in [0.1, 0.15) is 11.7 Å². The zero-order valence-corrected chi connectivity index (χ0v) is 9.22. The molecule has 0 amide bonds. The third-order valence-electron chi connectivity index (χ3n) is 1.79. The first-order chi connectivity index (χ1) is 6.84. The van der Waals surface area contributed by atoms with E-state index >= 15 is 0 Å².